The minimum Gasteiger partial charge on any atom is -0.508 e. The number of nitrogens with zero attached hydrogens (tertiary/aromatic N) is 5. The van der Waals surface area contributed by atoms with E-state index in [4.69, 9.17) is 31.0 Å². The Hall–Kier alpha value is -2.98. The van der Waals surface area contributed by atoms with E-state index in [-0.39, 0.29) is 46.9 Å². The Bertz CT molecular complexity index is 1630. The summed E-state index contributed by atoms with van der Waals surface area (Å²) in [5.41, 5.74) is 0.735. The molecule has 2 saturated carbocycles. The van der Waals surface area contributed by atoms with Gasteiger partial charge < -0.3 is 19.5 Å². The molecule has 8 nitrogen and oxygen atoms in total. The minimum atomic E-state index is -0.886. The molecule has 4 fully saturated rings. The van der Waals surface area contributed by atoms with Gasteiger partial charge in [-0.25, -0.2) is 13.8 Å². The number of ether oxygens (including phenoxy) is 2. The number of rotatable bonds is 5. The Morgan fingerprint density at radius 2 is 1.91 bits per heavy atom. The Morgan fingerprint density at radius 1 is 1.09 bits per heavy atom. The van der Waals surface area contributed by atoms with Crippen LogP contribution in [-0.2, 0) is 0 Å². The second kappa shape index (κ2) is 10.5. The van der Waals surface area contributed by atoms with Crippen molar-refractivity contribution in [2.75, 3.05) is 38.3 Å². The van der Waals surface area contributed by atoms with Gasteiger partial charge in [-0.1, -0.05) is 30.9 Å². The highest BCUT2D eigenvalue weighted by atomic mass is 35.5. The maximum atomic E-state index is 16.9. The first-order chi connectivity index (χ1) is 21.3. The molecule has 3 aromatic rings. The first-order valence-electron chi connectivity index (χ1n) is 16.1. The number of anilines is 1. The highest BCUT2D eigenvalue weighted by Gasteiger charge is 2.49. The molecular formula is C33H38ClF2N5O3. The molecule has 0 amide bonds. The van der Waals surface area contributed by atoms with Crippen LogP contribution >= 0.6 is 11.6 Å². The number of halogens is 3. The van der Waals surface area contributed by atoms with Crippen molar-refractivity contribution < 1.29 is 23.4 Å². The number of hydrogen-bond donors (Lipinski definition) is 1. The van der Waals surface area contributed by atoms with E-state index in [0.29, 0.717) is 41.4 Å². The van der Waals surface area contributed by atoms with Crippen LogP contribution in [0.15, 0.2) is 12.1 Å². The summed E-state index contributed by atoms with van der Waals surface area (Å²) in [6.07, 6.45) is 9.38. The zero-order chi connectivity index (χ0) is 30.2. The molecule has 5 aliphatic rings. The van der Waals surface area contributed by atoms with E-state index in [0.717, 1.165) is 69.9 Å². The molecule has 3 aliphatic heterocycles. The van der Waals surface area contributed by atoms with Crippen molar-refractivity contribution in [1.29, 1.82) is 0 Å². The Labute approximate surface area is 260 Å². The average Bonchev–Trinajstić information content (AvgIpc) is 3.69. The fraction of sp³-hybridized carbons (Fsp3) is 0.606. The van der Waals surface area contributed by atoms with Gasteiger partial charge in [-0.2, -0.15) is 9.97 Å². The molecule has 0 unspecified atom stereocenters. The molecule has 2 aliphatic carbocycles. The van der Waals surface area contributed by atoms with Gasteiger partial charge in [0.05, 0.1) is 12.1 Å². The summed E-state index contributed by atoms with van der Waals surface area (Å²) >= 11 is 6.61. The third-order valence-corrected chi connectivity index (χ3v) is 11.2. The van der Waals surface area contributed by atoms with Gasteiger partial charge in [-0.15, -0.1) is 0 Å². The fourth-order valence-electron chi connectivity index (χ4n) is 8.45. The number of phenolic OH excluding ortho intramolecular Hbond substituents is 1. The lowest BCUT2D eigenvalue weighted by Crippen LogP contribution is -2.50. The predicted molar refractivity (Wildman–Crippen MR) is 164 cm³/mol. The molecule has 2 saturated heterocycles. The van der Waals surface area contributed by atoms with Crippen LogP contribution < -0.4 is 14.4 Å². The Morgan fingerprint density at radius 3 is 2.70 bits per heavy atom. The normalized spacial score (nSPS) is 26.5. The minimum absolute atomic E-state index is 0.0371. The summed E-state index contributed by atoms with van der Waals surface area (Å²) in [7, 11) is 2.03. The first-order valence-corrected chi connectivity index (χ1v) is 16.5. The van der Waals surface area contributed by atoms with Gasteiger partial charge in [0.1, 0.15) is 40.9 Å². The third kappa shape index (κ3) is 4.58. The molecule has 234 valence electrons. The van der Waals surface area contributed by atoms with Crippen LogP contribution in [0.25, 0.3) is 22.2 Å². The number of phenols is 1. The lowest BCUT2D eigenvalue weighted by molar-refractivity contribution is 0.107. The van der Waals surface area contributed by atoms with E-state index in [9.17, 15) is 9.50 Å². The summed E-state index contributed by atoms with van der Waals surface area (Å²) in [5, 5.41) is 11.3. The van der Waals surface area contributed by atoms with Gasteiger partial charge >= 0.3 is 6.01 Å². The van der Waals surface area contributed by atoms with Gasteiger partial charge in [-0.3, -0.25) is 4.90 Å². The van der Waals surface area contributed by atoms with Gasteiger partial charge in [0, 0.05) is 42.6 Å². The molecule has 11 heteroatoms. The van der Waals surface area contributed by atoms with Gasteiger partial charge in [0.15, 0.2) is 5.82 Å². The summed E-state index contributed by atoms with van der Waals surface area (Å²) in [6.45, 7) is 1.93. The van der Waals surface area contributed by atoms with Crippen molar-refractivity contribution in [2.24, 2.45) is 0 Å². The summed E-state index contributed by atoms with van der Waals surface area (Å²) in [5.74, 6) is 0.268. The molecule has 2 aromatic heterocycles. The molecule has 5 heterocycles. The second-order valence-electron chi connectivity index (χ2n) is 13.6. The van der Waals surface area contributed by atoms with Crippen molar-refractivity contribution in [1.82, 2.24) is 19.9 Å². The van der Waals surface area contributed by atoms with Crippen LogP contribution in [0.1, 0.15) is 82.1 Å². The maximum Gasteiger partial charge on any atom is 0.319 e. The molecule has 8 rings (SSSR count). The van der Waals surface area contributed by atoms with Crippen molar-refractivity contribution >= 4 is 28.3 Å². The predicted octanol–water partition coefficient (Wildman–Crippen LogP) is 6.94. The summed E-state index contributed by atoms with van der Waals surface area (Å²) in [4.78, 5) is 18.7. The van der Waals surface area contributed by atoms with E-state index >= 15 is 4.39 Å². The zero-order valence-corrected chi connectivity index (χ0v) is 25.8. The molecule has 1 aromatic carbocycles. The maximum absolute atomic E-state index is 16.9. The Balaban J connectivity index is 1.30. The van der Waals surface area contributed by atoms with E-state index < -0.39 is 17.5 Å². The smallest absolute Gasteiger partial charge is 0.319 e. The summed E-state index contributed by atoms with van der Waals surface area (Å²) < 4.78 is 44.1. The van der Waals surface area contributed by atoms with Crippen molar-refractivity contribution in [3.63, 3.8) is 0 Å². The molecule has 1 N–H and O–H groups in total. The van der Waals surface area contributed by atoms with Gasteiger partial charge in [0.25, 0.3) is 0 Å². The quantitative estimate of drug-likeness (QED) is 0.326. The van der Waals surface area contributed by atoms with Crippen LogP contribution in [0, 0.1) is 5.82 Å². The lowest BCUT2D eigenvalue weighted by atomic mass is 9.78. The van der Waals surface area contributed by atoms with Gasteiger partial charge in [0.2, 0.25) is 5.88 Å². The number of aromatic hydroxyl groups is 1. The standard InChI is InChI=1S/C33H38ClF2N5O3/c1-40-29-25-28(38-31(39-29)44-18-33-10-5-12-41(33)17-20(35)16-33)26(36)27(22-14-21(42)15-23(34)24(22)19-6-7-19)37-30(25)43-13-11-32(40)8-3-2-4-9-32/h14-15,19-20,42H,2-13,16-18H2,1H3/t20-,33+/m1/s1. The molecule has 1 spiro atoms. The van der Waals surface area contributed by atoms with Gasteiger partial charge in [-0.05, 0) is 68.7 Å². The van der Waals surface area contributed by atoms with E-state index in [1.165, 1.54) is 18.6 Å². The number of alkyl halides is 1. The second-order valence-corrected chi connectivity index (χ2v) is 14.0. The van der Waals surface area contributed by atoms with E-state index in [1.807, 2.05) is 7.05 Å². The lowest BCUT2D eigenvalue weighted by Gasteiger charge is -2.46. The highest BCUT2D eigenvalue weighted by molar-refractivity contribution is 6.32. The van der Waals surface area contributed by atoms with Crippen LogP contribution in [0.3, 0.4) is 0 Å². The number of benzene rings is 1. The van der Waals surface area contributed by atoms with Crippen molar-refractivity contribution in [3.8, 4) is 28.9 Å². The third-order valence-electron chi connectivity index (χ3n) is 10.9. The Kier molecular flexibility index (Phi) is 6.83. The molecule has 44 heavy (non-hydrogen) atoms. The zero-order valence-electron chi connectivity index (χ0n) is 25.0. The highest BCUT2D eigenvalue weighted by Crippen LogP contribution is 2.51. The molecular weight excluding hydrogens is 588 g/mol. The van der Waals surface area contributed by atoms with Crippen LogP contribution in [0.4, 0.5) is 14.6 Å². The summed E-state index contributed by atoms with van der Waals surface area (Å²) in [6, 6.07) is 3.08. The first kappa shape index (κ1) is 28.5. The van der Waals surface area contributed by atoms with Crippen LogP contribution in [0.5, 0.6) is 17.6 Å². The molecule has 2 atom stereocenters. The average molecular weight is 626 g/mol. The van der Waals surface area contributed by atoms with Crippen LogP contribution in [-0.4, -0.2) is 75.6 Å². The number of aromatic nitrogens is 3. The number of fused-ring (bicyclic) bond motifs is 1. The van der Waals surface area contributed by atoms with E-state index in [2.05, 4.69) is 14.8 Å². The topological polar surface area (TPSA) is 83.8 Å². The largest absolute Gasteiger partial charge is 0.508 e. The van der Waals surface area contributed by atoms with Crippen molar-refractivity contribution in [3.05, 3.63) is 28.5 Å². The fourth-order valence-corrected chi connectivity index (χ4v) is 8.82. The monoisotopic (exact) mass is 625 g/mol. The van der Waals surface area contributed by atoms with Crippen molar-refractivity contribution in [2.45, 2.75) is 93.8 Å². The van der Waals surface area contributed by atoms with E-state index in [1.54, 1.807) is 0 Å². The number of pyridine rings is 1. The number of hydrogen-bond acceptors (Lipinski definition) is 8. The molecule has 0 bridgehead atoms. The van der Waals surface area contributed by atoms with Crippen LogP contribution in [0.2, 0.25) is 5.02 Å². The SMILES string of the molecule is CN1c2nc(OC[C@@]34CCCN3C[C@H](F)C4)nc3c(F)c(-c4cc(O)cc(Cl)c4C4CC4)nc(c23)OCCC12CCCCC2. The molecule has 0 radical (unpaired) electrons.